The van der Waals surface area contributed by atoms with Crippen LogP contribution in [0.3, 0.4) is 0 Å². The molecule has 0 aliphatic heterocycles. The van der Waals surface area contributed by atoms with Crippen molar-refractivity contribution in [1.29, 1.82) is 0 Å². The van der Waals surface area contributed by atoms with Gasteiger partial charge < -0.3 is 19.8 Å². The molecule has 2 atom stereocenters. The quantitative estimate of drug-likeness (QED) is 0.884. The number of aromatic nitrogens is 1. The summed E-state index contributed by atoms with van der Waals surface area (Å²) in [6, 6.07) is 11.4. The fourth-order valence-corrected chi connectivity index (χ4v) is 3.10. The first kappa shape index (κ1) is 16.5. The van der Waals surface area contributed by atoms with Gasteiger partial charge in [-0.05, 0) is 12.8 Å². The zero-order chi connectivity index (χ0) is 16.9. The molecule has 2 unspecified atom stereocenters. The van der Waals surface area contributed by atoms with Crippen LogP contribution in [0.25, 0.3) is 11.3 Å². The highest BCUT2D eigenvalue weighted by molar-refractivity contribution is 5.73. The van der Waals surface area contributed by atoms with Crippen molar-refractivity contribution in [2.75, 3.05) is 13.6 Å². The van der Waals surface area contributed by atoms with Crippen LogP contribution in [0, 0.1) is 5.92 Å². The summed E-state index contributed by atoms with van der Waals surface area (Å²) in [5.74, 6) is 0.861. The van der Waals surface area contributed by atoms with Crippen LogP contribution in [-0.2, 0) is 6.54 Å². The van der Waals surface area contributed by atoms with Crippen LogP contribution in [0.15, 0.2) is 40.9 Å². The van der Waals surface area contributed by atoms with Gasteiger partial charge >= 0.3 is 6.03 Å². The van der Waals surface area contributed by atoms with Crippen LogP contribution >= 0.6 is 0 Å². The molecule has 1 aliphatic rings. The summed E-state index contributed by atoms with van der Waals surface area (Å²) in [5, 5.41) is 16.7. The van der Waals surface area contributed by atoms with Crippen LogP contribution in [-0.4, -0.2) is 40.9 Å². The molecule has 1 aromatic heterocycles. The van der Waals surface area contributed by atoms with E-state index in [4.69, 9.17) is 4.52 Å². The topological polar surface area (TPSA) is 78.6 Å². The third-order valence-corrected chi connectivity index (χ3v) is 4.51. The molecule has 0 bridgehead atoms. The van der Waals surface area contributed by atoms with Gasteiger partial charge in [-0.2, -0.15) is 0 Å². The standard InChI is InChI=1S/C18H23N3O3/c1-21(12-14-8-5-9-16(14)22)18(23)19-11-15-10-17(24-20-15)13-6-3-2-4-7-13/h2-4,6-7,10,14,16,22H,5,8-9,11-12H2,1H3,(H,19,23). The Morgan fingerprint density at radius 1 is 1.38 bits per heavy atom. The van der Waals surface area contributed by atoms with Crippen LogP contribution < -0.4 is 5.32 Å². The van der Waals surface area contributed by atoms with Crippen molar-refractivity contribution in [1.82, 2.24) is 15.4 Å². The van der Waals surface area contributed by atoms with Gasteiger partial charge in [0.25, 0.3) is 0 Å². The SMILES string of the molecule is CN(CC1CCCC1O)C(=O)NCc1cc(-c2ccccc2)on1. The molecule has 24 heavy (non-hydrogen) atoms. The predicted molar refractivity (Wildman–Crippen MR) is 90.2 cm³/mol. The number of urea groups is 1. The van der Waals surface area contributed by atoms with Crippen molar-refractivity contribution in [2.24, 2.45) is 5.92 Å². The van der Waals surface area contributed by atoms with Crippen molar-refractivity contribution in [3.63, 3.8) is 0 Å². The summed E-state index contributed by atoms with van der Waals surface area (Å²) in [6.45, 7) is 0.883. The van der Waals surface area contributed by atoms with Gasteiger partial charge in [0.15, 0.2) is 5.76 Å². The van der Waals surface area contributed by atoms with E-state index in [1.165, 1.54) is 0 Å². The molecule has 1 fully saturated rings. The van der Waals surface area contributed by atoms with Crippen molar-refractivity contribution >= 4 is 6.03 Å². The zero-order valence-corrected chi connectivity index (χ0v) is 13.8. The first-order valence-electron chi connectivity index (χ1n) is 8.31. The number of nitrogens with one attached hydrogen (secondary N) is 1. The van der Waals surface area contributed by atoms with Gasteiger partial charge in [0.1, 0.15) is 5.69 Å². The summed E-state index contributed by atoms with van der Waals surface area (Å²) >= 11 is 0. The van der Waals surface area contributed by atoms with E-state index in [-0.39, 0.29) is 18.1 Å². The van der Waals surface area contributed by atoms with Crippen molar-refractivity contribution in [2.45, 2.75) is 31.9 Å². The Balaban J connectivity index is 1.50. The number of aliphatic hydroxyl groups is 1. The molecular weight excluding hydrogens is 306 g/mol. The molecule has 1 aromatic carbocycles. The lowest BCUT2D eigenvalue weighted by atomic mass is 10.1. The normalized spacial score (nSPS) is 20.1. The third kappa shape index (κ3) is 3.94. The molecular formula is C18H23N3O3. The van der Waals surface area contributed by atoms with Crippen molar-refractivity contribution in [3.8, 4) is 11.3 Å². The molecule has 0 saturated heterocycles. The van der Waals surface area contributed by atoms with E-state index in [0.29, 0.717) is 24.5 Å². The Bertz CT molecular complexity index is 671. The van der Waals surface area contributed by atoms with E-state index < -0.39 is 0 Å². The lowest BCUT2D eigenvalue weighted by molar-refractivity contribution is 0.114. The maximum absolute atomic E-state index is 12.2. The fraction of sp³-hybridized carbons (Fsp3) is 0.444. The number of hydrogen-bond donors (Lipinski definition) is 2. The van der Waals surface area contributed by atoms with E-state index in [9.17, 15) is 9.90 Å². The molecule has 2 N–H and O–H groups in total. The lowest BCUT2D eigenvalue weighted by Gasteiger charge is -2.23. The number of carbonyl (C=O) groups excluding carboxylic acids is 1. The molecule has 128 valence electrons. The van der Waals surface area contributed by atoms with Crippen LogP contribution in [0.4, 0.5) is 4.79 Å². The summed E-state index contributed by atoms with van der Waals surface area (Å²) in [6.07, 6.45) is 2.55. The van der Waals surface area contributed by atoms with Crippen LogP contribution in [0.2, 0.25) is 0 Å². The summed E-state index contributed by atoms with van der Waals surface area (Å²) in [7, 11) is 1.75. The molecule has 2 aromatic rings. The summed E-state index contributed by atoms with van der Waals surface area (Å²) < 4.78 is 5.32. The van der Waals surface area contributed by atoms with Gasteiger partial charge in [0, 0.05) is 31.1 Å². The van der Waals surface area contributed by atoms with Gasteiger partial charge in [-0.15, -0.1) is 0 Å². The molecule has 1 aliphatic carbocycles. The largest absolute Gasteiger partial charge is 0.393 e. The fourth-order valence-electron chi connectivity index (χ4n) is 3.10. The number of aliphatic hydroxyl groups excluding tert-OH is 1. The minimum atomic E-state index is -0.288. The molecule has 6 heteroatoms. The molecule has 1 heterocycles. The third-order valence-electron chi connectivity index (χ3n) is 4.51. The first-order chi connectivity index (χ1) is 11.6. The highest BCUT2D eigenvalue weighted by atomic mass is 16.5. The number of rotatable bonds is 5. The van der Waals surface area contributed by atoms with Crippen molar-refractivity contribution in [3.05, 3.63) is 42.1 Å². The second-order valence-corrected chi connectivity index (χ2v) is 6.35. The van der Waals surface area contributed by atoms with Gasteiger partial charge in [-0.1, -0.05) is 41.9 Å². The van der Waals surface area contributed by atoms with Gasteiger partial charge in [0.2, 0.25) is 0 Å². The predicted octanol–water partition coefficient (Wildman–Crippen LogP) is 2.64. The number of amides is 2. The van der Waals surface area contributed by atoms with Crippen molar-refractivity contribution < 1.29 is 14.4 Å². The minimum Gasteiger partial charge on any atom is -0.393 e. The Labute approximate surface area is 141 Å². The maximum atomic E-state index is 12.2. The number of benzene rings is 1. The Morgan fingerprint density at radius 2 is 2.17 bits per heavy atom. The number of hydrogen-bond acceptors (Lipinski definition) is 4. The number of nitrogens with zero attached hydrogens (tertiary/aromatic N) is 2. The first-order valence-corrected chi connectivity index (χ1v) is 8.31. The average molecular weight is 329 g/mol. The minimum absolute atomic E-state index is 0.168. The highest BCUT2D eigenvalue weighted by Gasteiger charge is 2.27. The second kappa shape index (κ2) is 7.49. The molecule has 6 nitrogen and oxygen atoms in total. The molecule has 3 rings (SSSR count). The van der Waals surface area contributed by atoms with E-state index in [1.807, 2.05) is 36.4 Å². The van der Waals surface area contributed by atoms with Crippen LogP contribution in [0.1, 0.15) is 25.0 Å². The molecule has 0 radical (unpaired) electrons. The Morgan fingerprint density at radius 3 is 2.88 bits per heavy atom. The highest BCUT2D eigenvalue weighted by Crippen LogP contribution is 2.26. The van der Waals surface area contributed by atoms with E-state index in [2.05, 4.69) is 10.5 Å². The van der Waals surface area contributed by atoms with Gasteiger partial charge in [-0.3, -0.25) is 0 Å². The smallest absolute Gasteiger partial charge is 0.317 e. The van der Waals surface area contributed by atoms with Crippen LogP contribution in [0.5, 0.6) is 0 Å². The Kier molecular flexibility index (Phi) is 5.15. The van der Waals surface area contributed by atoms with Gasteiger partial charge in [-0.25, -0.2) is 4.79 Å². The maximum Gasteiger partial charge on any atom is 0.317 e. The molecule has 2 amide bonds. The van der Waals surface area contributed by atoms with E-state index >= 15 is 0 Å². The average Bonchev–Trinajstić information content (AvgIpc) is 3.23. The summed E-state index contributed by atoms with van der Waals surface area (Å²) in [4.78, 5) is 13.8. The van der Waals surface area contributed by atoms with Gasteiger partial charge in [0.05, 0.1) is 12.6 Å². The van der Waals surface area contributed by atoms with E-state index in [0.717, 1.165) is 24.8 Å². The second-order valence-electron chi connectivity index (χ2n) is 6.35. The lowest BCUT2D eigenvalue weighted by Crippen LogP contribution is -2.40. The van der Waals surface area contributed by atoms with E-state index in [1.54, 1.807) is 11.9 Å². The molecule has 1 saturated carbocycles. The zero-order valence-electron chi connectivity index (χ0n) is 13.8. The summed E-state index contributed by atoms with van der Waals surface area (Å²) in [5.41, 5.74) is 1.63. The number of carbonyl (C=O) groups is 1. The molecule has 0 spiro atoms. The monoisotopic (exact) mass is 329 g/mol. The Hall–Kier alpha value is -2.34.